The lowest BCUT2D eigenvalue weighted by atomic mass is 10.1. The average Bonchev–Trinajstić information content (AvgIpc) is 2.99. The van der Waals surface area contributed by atoms with Gasteiger partial charge in [-0.15, -0.1) is 0 Å². The molecule has 0 unspecified atom stereocenters. The molecule has 0 atom stereocenters. The molecule has 0 fully saturated rings. The molecule has 0 aliphatic heterocycles. The predicted octanol–water partition coefficient (Wildman–Crippen LogP) is 7.43. The van der Waals surface area contributed by atoms with Crippen LogP contribution >= 0.6 is 0 Å². The van der Waals surface area contributed by atoms with Gasteiger partial charge >= 0.3 is 8.80 Å². The standard InChI is InChI=1S/C25H33NO3Si3/c1-30(2,3)28-32(7,29-31(4,5)6)27-21-17-18-23-22-15-11-12-16-24(22)26(25(23)19-21)20-13-9-8-10-14-20/h8-19H,1-7H3. The fraction of sp³-hybridized carbons (Fsp3) is 0.280. The molecule has 1 aromatic heterocycles. The molecule has 4 aromatic rings. The van der Waals surface area contributed by atoms with E-state index < -0.39 is 25.4 Å². The summed E-state index contributed by atoms with van der Waals surface area (Å²) >= 11 is 0. The van der Waals surface area contributed by atoms with Gasteiger partial charge in [-0.05, 0) is 69.6 Å². The predicted molar refractivity (Wildman–Crippen MR) is 142 cm³/mol. The zero-order chi connectivity index (χ0) is 23.1. The first-order valence-corrected chi connectivity index (χ1v) is 20.2. The largest absolute Gasteiger partial charge is 0.541 e. The molecule has 0 saturated carbocycles. The molecule has 4 nitrogen and oxygen atoms in total. The minimum absolute atomic E-state index is 0.795. The molecule has 3 aromatic carbocycles. The van der Waals surface area contributed by atoms with E-state index in [1.807, 2.05) is 12.6 Å². The Morgan fingerprint density at radius 2 is 1.16 bits per heavy atom. The van der Waals surface area contributed by atoms with Crippen LogP contribution in [0.25, 0.3) is 27.5 Å². The zero-order valence-corrected chi connectivity index (χ0v) is 23.1. The number of para-hydroxylation sites is 2. The molecule has 4 rings (SSSR count). The molecule has 0 spiro atoms. The smallest absolute Gasteiger partial charge is 0.502 e. The number of rotatable bonds is 7. The summed E-state index contributed by atoms with van der Waals surface area (Å²) in [7, 11) is -6.59. The van der Waals surface area contributed by atoms with E-state index in [1.54, 1.807) is 0 Å². The van der Waals surface area contributed by atoms with Crippen LogP contribution in [0.5, 0.6) is 5.75 Å². The van der Waals surface area contributed by atoms with E-state index in [1.165, 1.54) is 16.3 Å². The second-order valence-electron chi connectivity index (χ2n) is 10.3. The molecule has 7 heteroatoms. The summed E-state index contributed by atoms with van der Waals surface area (Å²) in [5, 5.41) is 2.44. The first-order valence-electron chi connectivity index (χ1n) is 11.1. The van der Waals surface area contributed by atoms with Crippen molar-refractivity contribution in [2.24, 2.45) is 0 Å². The molecular weight excluding hydrogens is 447 g/mol. The number of hydrogen-bond acceptors (Lipinski definition) is 3. The molecule has 0 aliphatic carbocycles. The van der Waals surface area contributed by atoms with Gasteiger partial charge in [0.05, 0.1) is 11.0 Å². The third-order valence-corrected chi connectivity index (χ3v) is 13.4. The van der Waals surface area contributed by atoms with E-state index in [4.69, 9.17) is 12.7 Å². The summed E-state index contributed by atoms with van der Waals surface area (Å²) in [5.74, 6) is 0.795. The van der Waals surface area contributed by atoms with Crippen LogP contribution in [0.15, 0.2) is 72.8 Å². The van der Waals surface area contributed by atoms with Gasteiger partial charge in [-0.1, -0.05) is 36.4 Å². The lowest BCUT2D eigenvalue weighted by Crippen LogP contribution is -2.56. The summed E-state index contributed by atoms with van der Waals surface area (Å²) < 4.78 is 22.0. The maximum absolute atomic E-state index is 6.60. The summed E-state index contributed by atoms with van der Waals surface area (Å²) in [5.41, 5.74) is 3.43. The monoisotopic (exact) mass is 479 g/mol. The van der Waals surface area contributed by atoms with Crippen LogP contribution in [0.4, 0.5) is 0 Å². The Bertz CT molecular complexity index is 1220. The molecule has 0 saturated heterocycles. The van der Waals surface area contributed by atoms with Crippen molar-refractivity contribution in [3.05, 3.63) is 72.8 Å². The molecule has 0 bridgehead atoms. The molecule has 0 radical (unpaired) electrons. The van der Waals surface area contributed by atoms with Crippen molar-refractivity contribution in [1.29, 1.82) is 0 Å². The highest BCUT2D eigenvalue weighted by Gasteiger charge is 2.45. The molecule has 168 valence electrons. The number of fused-ring (bicyclic) bond motifs is 3. The Kier molecular flexibility index (Phi) is 5.98. The van der Waals surface area contributed by atoms with Crippen LogP contribution in [0.2, 0.25) is 45.8 Å². The highest BCUT2D eigenvalue weighted by molar-refractivity contribution is 6.85. The topological polar surface area (TPSA) is 32.6 Å². The minimum Gasteiger partial charge on any atom is -0.502 e. The van der Waals surface area contributed by atoms with Crippen LogP contribution in [0.1, 0.15) is 0 Å². The van der Waals surface area contributed by atoms with E-state index in [0.717, 1.165) is 17.0 Å². The van der Waals surface area contributed by atoms with Crippen molar-refractivity contribution in [3.8, 4) is 11.4 Å². The van der Waals surface area contributed by atoms with Crippen molar-refractivity contribution in [2.45, 2.75) is 45.8 Å². The van der Waals surface area contributed by atoms with E-state index in [0.29, 0.717) is 0 Å². The first kappa shape index (κ1) is 23.0. The Morgan fingerprint density at radius 1 is 0.594 bits per heavy atom. The Hall–Kier alpha value is -2.17. The second-order valence-corrected chi connectivity index (χ2v) is 22.3. The van der Waals surface area contributed by atoms with Gasteiger partial charge in [0, 0.05) is 29.1 Å². The van der Waals surface area contributed by atoms with Gasteiger partial charge in [-0.25, -0.2) is 0 Å². The maximum Gasteiger partial charge on any atom is 0.541 e. The molecular formula is C25H33NO3Si3. The van der Waals surface area contributed by atoms with Crippen molar-refractivity contribution in [2.75, 3.05) is 0 Å². The average molecular weight is 480 g/mol. The molecule has 0 aliphatic rings. The molecule has 0 N–H and O–H groups in total. The van der Waals surface area contributed by atoms with Crippen LogP contribution < -0.4 is 4.43 Å². The fourth-order valence-corrected chi connectivity index (χ4v) is 14.6. The van der Waals surface area contributed by atoms with Crippen molar-refractivity contribution >= 4 is 47.2 Å². The highest BCUT2D eigenvalue weighted by atomic mass is 28.5. The third kappa shape index (κ3) is 5.08. The van der Waals surface area contributed by atoms with Crippen LogP contribution in [-0.2, 0) is 8.23 Å². The Balaban J connectivity index is 1.85. The fourth-order valence-electron chi connectivity index (χ4n) is 4.26. The number of hydrogen-bond donors (Lipinski definition) is 0. The number of aromatic nitrogens is 1. The quantitative estimate of drug-likeness (QED) is 0.258. The van der Waals surface area contributed by atoms with E-state index >= 15 is 0 Å². The maximum atomic E-state index is 6.60. The van der Waals surface area contributed by atoms with Gasteiger partial charge in [0.2, 0.25) is 0 Å². The minimum atomic E-state index is -2.87. The lowest BCUT2D eigenvalue weighted by molar-refractivity contribution is 0.266. The summed E-state index contributed by atoms with van der Waals surface area (Å²) in [6, 6.07) is 25.3. The summed E-state index contributed by atoms with van der Waals surface area (Å²) in [6.07, 6.45) is 0. The third-order valence-electron chi connectivity index (χ3n) is 4.95. The second kappa shape index (κ2) is 8.31. The molecule has 0 amide bonds. The van der Waals surface area contributed by atoms with Gasteiger partial charge in [0.15, 0.2) is 16.6 Å². The number of benzene rings is 3. The summed E-state index contributed by atoms with van der Waals surface area (Å²) in [6.45, 7) is 15.2. The van der Waals surface area contributed by atoms with Gasteiger partial charge in [0.25, 0.3) is 0 Å². The van der Waals surface area contributed by atoms with Crippen LogP contribution in [-0.4, -0.2) is 30.0 Å². The van der Waals surface area contributed by atoms with Gasteiger partial charge in [-0.2, -0.15) is 0 Å². The molecule has 1 heterocycles. The van der Waals surface area contributed by atoms with E-state index in [2.05, 4.69) is 111 Å². The van der Waals surface area contributed by atoms with E-state index in [9.17, 15) is 0 Å². The van der Waals surface area contributed by atoms with Crippen LogP contribution in [0.3, 0.4) is 0 Å². The summed E-state index contributed by atoms with van der Waals surface area (Å²) in [4.78, 5) is 0. The van der Waals surface area contributed by atoms with Gasteiger partial charge in [-0.3, -0.25) is 0 Å². The molecule has 32 heavy (non-hydrogen) atoms. The number of nitrogens with zero attached hydrogens (tertiary/aromatic N) is 1. The normalized spacial score (nSPS) is 13.1. The zero-order valence-electron chi connectivity index (χ0n) is 20.1. The Labute approximate surface area is 194 Å². The lowest BCUT2D eigenvalue weighted by Gasteiger charge is -2.37. The highest BCUT2D eigenvalue weighted by Crippen LogP contribution is 2.35. The van der Waals surface area contributed by atoms with Crippen molar-refractivity contribution in [3.63, 3.8) is 0 Å². The first-order chi connectivity index (χ1) is 14.9. The van der Waals surface area contributed by atoms with Gasteiger partial charge in [0.1, 0.15) is 5.75 Å². The van der Waals surface area contributed by atoms with Crippen molar-refractivity contribution < 1.29 is 12.7 Å². The van der Waals surface area contributed by atoms with Gasteiger partial charge < -0.3 is 17.2 Å². The van der Waals surface area contributed by atoms with Crippen molar-refractivity contribution in [1.82, 2.24) is 4.57 Å². The van der Waals surface area contributed by atoms with Crippen LogP contribution in [0, 0.1) is 0 Å². The Morgan fingerprint density at radius 3 is 1.78 bits per heavy atom. The SMILES string of the molecule is C[Si](C)(C)O[Si](C)(Oc1ccc2c3ccccc3n(-c3ccccc3)c2c1)O[Si](C)(C)C. The van der Waals surface area contributed by atoms with E-state index in [-0.39, 0.29) is 0 Å².